The Bertz CT molecular complexity index is 619. The van der Waals surface area contributed by atoms with Gasteiger partial charge in [0.15, 0.2) is 5.78 Å². The number of pyridine rings is 1. The molecule has 0 radical (unpaired) electrons. The van der Waals surface area contributed by atoms with E-state index < -0.39 is 0 Å². The SMILES string of the molecule is CN(Cc1cccnc1)c1cc(N)c(C(=O)C2CC2)s1. The number of nitrogen functional groups attached to an aromatic ring is 1. The minimum absolute atomic E-state index is 0.215. The topological polar surface area (TPSA) is 59.2 Å². The number of nitrogens with two attached hydrogens (primary N) is 1. The van der Waals surface area contributed by atoms with Crippen LogP contribution in [0.25, 0.3) is 0 Å². The Morgan fingerprint density at radius 2 is 2.35 bits per heavy atom. The van der Waals surface area contributed by atoms with Crippen molar-refractivity contribution in [2.45, 2.75) is 19.4 Å². The second kappa shape index (κ2) is 5.25. The van der Waals surface area contributed by atoms with E-state index in [-0.39, 0.29) is 11.7 Å². The zero-order valence-electron chi connectivity index (χ0n) is 11.4. The van der Waals surface area contributed by atoms with Gasteiger partial charge in [-0.2, -0.15) is 0 Å². The van der Waals surface area contributed by atoms with Gasteiger partial charge < -0.3 is 10.6 Å². The maximum Gasteiger partial charge on any atom is 0.178 e. The molecule has 2 heterocycles. The van der Waals surface area contributed by atoms with Crippen LogP contribution < -0.4 is 10.6 Å². The Balaban J connectivity index is 1.76. The van der Waals surface area contributed by atoms with Gasteiger partial charge in [-0.15, -0.1) is 11.3 Å². The second-order valence-corrected chi connectivity index (χ2v) is 6.26. The lowest BCUT2D eigenvalue weighted by molar-refractivity contribution is 0.0972. The lowest BCUT2D eigenvalue weighted by atomic mass is 10.2. The molecule has 4 nitrogen and oxygen atoms in total. The highest BCUT2D eigenvalue weighted by molar-refractivity contribution is 7.18. The molecule has 0 aliphatic heterocycles. The molecule has 5 heteroatoms. The normalized spacial score (nSPS) is 14.2. The van der Waals surface area contributed by atoms with Crippen molar-refractivity contribution >= 4 is 27.8 Å². The smallest absolute Gasteiger partial charge is 0.178 e. The van der Waals surface area contributed by atoms with Crippen LogP contribution >= 0.6 is 11.3 Å². The first-order valence-electron chi connectivity index (χ1n) is 6.68. The summed E-state index contributed by atoms with van der Waals surface area (Å²) < 4.78 is 0. The average Bonchev–Trinajstić information content (AvgIpc) is 3.22. The Hall–Kier alpha value is -1.88. The molecule has 0 atom stereocenters. The monoisotopic (exact) mass is 287 g/mol. The molecule has 0 aromatic carbocycles. The van der Waals surface area contributed by atoms with E-state index in [0.29, 0.717) is 5.69 Å². The van der Waals surface area contributed by atoms with Crippen molar-refractivity contribution in [3.05, 3.63) is 41.0 Å². The van der Waals surface area contributed by atoms with Gasteiger partial charge in [0.1, 0.15) is 0 Å². The molecule has 1 aliphatic carbocycles. The summed E-state index contributed by atoms with van der Waals surface area (Å²) in [5, 5.41) is 1.02. The summed E-state index contributed by atoms with van der Waals surface area (Å²) in [6.07, 6.45) is 5.64. The number of anilines is 2. The van der Waals surface area contributed by atoms with Crippen molar-refractivity contribution in [3.63, 3.8) is 0 Å². The van der Waals surface area contributed by atoms with Gasteiger partial charge in [-0.25, -0.2) is 0 Å². The highest BCUT2D eigenvalue weighted by atomic mass is 32.1. The quantitative estimate of drug-likeness (QED) is 0.859. The third kappa shape index (κ3) is 2.67. The van der Waals surface area contributed by atoms with Crippen LogP contribution in [-0.4, -0.2) is 17.8 Å². The maximum absolute atomic E-state index is 12.1. The van der Waals surface area contributed by atoms with E-state index in [1.165, 1.54) is 11.3 Å². The molecule has 1 fully saturated rings. The molecule has 104 valence electrons. The largest absolute Gasteiger partial charge is 0.397 e. The number of ketones is 1. The van der Waals surface area contributed by atoms with Crippen molar-refractivity contribution in [3.8, 4) is 0 Å². The first-order valence-corrected chi connectivity index (χ1v) is 7.50. The fourth-order valence-corrected chi connectivity index (χ4v) is 3.21. The first-order chi connectivity index (χ1) is 9.65. The Morgan fingerprint density at radius 3 is 3.00 bits per heavy atom. The van der Waals surface area contributed by atoms with Crippen LogP contribution in [0.3, 0.4) is 0 Å². The lowest BCUT2D eigenvalue weighted by Crippen LogP contribution is -2.15. The molecular formula is C15H17N3OS. The third-order valence-electron chi connectivity index (χ3n) is 3.44. The molecule has 0 unspecified atom stereocenters. The summed E-state index contributed by atoms with van der Waals surface area (Å²) in [5.74, 6) is 0.431. The van der Waals surface area contributed by atoms with Crippen molar-refractivity contribution in [1.82, 2.24) is 4.98 Å². The van der Waals surface area contributed by atoms with Gasteiger partial charge in [0.2, 0.25) is 0 Å². The molecule has 0 spiro atoms. The number of nitrogens with zero attached hydrogens (tertiary/aromatic N) is 2. The number of aromatic nitrogens is 1. The molecule has 0 saturated heterocycles. The fraction of sp³-hybridized carbons (Fsp3) is 0.333. The van der Waals surface area contributed by atoms with Gasteiger partial charge in [-0.3, -0.25) is 9.78 Å². The van der Waals surface area contributed by atoms with Gasteiger partial charge in [-0.1, -0.05) is 6.07 Å². The average molecular weight is 287 g/mol. The van der Waals surface area contributed by atoms with Crippen molar-refractivity contribution in [2.24, 2.45) is 5.92 Å². The minimum atomic E-state index is 0.215. The molecule has 20 heavy (non-hydrogen) atoms. The van der Waals surface area contributed by atoms with E-state index in [9.17, 15) is 4.79 Å². The highest BCUT2D eigenvalue weighted by Crippen LogP contribution is 2.39. The van der Waals surface area contributed by atoms with Crippen LogP contribution in [0.2, 0.25) is 0 Å². The van der Waals surface area contributed by atoms with Crippen LogP contribution in [0.5, 0.6) is 0 Å². The van der Waals surface area contributed by atoms with Crippen LogP contribution in [0.4, 0.5) is 10.7 Å². The van der Waals surface area contributed by atoms with Gasteiger partial charge in [-0.05, 0) is 30.5 Å². The van der Waals surface area contributed by atoms with Gasteiger partial charge in [0.05, 0.1) is 15.6 Å². The summed E-state index contributed by atoms with van der Waals surface area (Å²) in [7, 11) is 2.00. The van der Waals surface area contributed by atoms with E-state index in [0.717, 1.165) is 34.8 Å². The Labute approximate surface area is 122 Å². The number of hydrogen-bond donors (Lipinski definition) is 1. The summed E-state index contributed by atoms with van der Waals surface area (Å²) in [6, 6.07) is 5.86. The fourth-order valence-electron chi connectivity index (χ4n) is 2.15. The Kier molecular flexibility index (Phi) is 3.44. The second-order valence-electron chi connectivity index (χ2n) is 5.22. The van der Waals surface area contributed by atoms with E-state index in [1.54, 1.807) is 6.20 Å². The van der Waals surface area contributed by atoms with Crippen LogP contribution in [-0.2, 0) is 6.54 Å². The molecule has 0 amide bonds. The van der Waals surface area contributed by atoms with Crippen molar-refractivity contribution in [2.75, 3.05) is 17.7 Å². The van der Waals surface area contributed by atoms with Gasteiger partial charge in [0.25, 0.3) is 0 Å². The number of Topliss-reactive ketones (excluding diaryl/α,β-unsaturated/α-hetero) is 1. The van der Waals surface area contributed by atoms with Crippen molar-refractivity contribution < 1.29 is 4.79 Å². The van der Waals surface area contributed by atoms with Crippen LogP contribution in [0.15, 0.2) is 30.6 Å². The highest BCUT2D eigenvalue weighted by Gasteiger charge is 2.32. The predicted octanol–water partition coefficient (Wildman–Crippen LogP) is 2.95. The van der Waals surface area contributed by atoms with E-state index in [1.807, 2.05) is 31.4 Å². The van der Waals surface area contributed by atoms with E-state index >= 15 is 0 Å². The van der Waals surface area contributed by atoms with E-state index in [4.69, 9.17) is 5.73 Å². The molecule has 2 aromatic heterocycles. The number of hydrogen-bond acceptors (Lipinski definition) is 5. The molecule has 3 rings (SSSR count). The molecule has 1 saturated carbocycles. The number of carbonyl (C=O) groups excluding carboxylic acids is 1. The van der Waals surface area contributed by atoms with Crippen LogP contribution in [0, 0.1) is 5.92 Å². The zero-order chi connectivity index (χ0) is 14.1. The van der Waals surface area contributed by atoms with Crippen molar-refractivity contribution in [1.29, 1.82) is 0 Å². The summed E-state index contributed by atoms with van der Waals surface area (Å²) in [5.41, 5.74) is 7.74. The standard InChI is InChI=1S/C15H17N3OS/c1-18(9-10-3-2-6-17-8-10)13-7-12(16)15(20-13)14(19)11-4-5-11/h2-3,6-8,11H,4-5,9,16H2,1H3. The van der Waals surface area contributed by atoms with Gasteiger partial charge in [0, 0.05) is 31.9 Å². The molecule has 1 aliphatic rings. The first kappa shape index (κ1) is 13.1. The molecule has 2 aromatic rings. The van der Waals surface area contributed by atoms with Crippen LogP contribution in [0.1, 0.15) is 28.1 Å². The predicted molar refractivity (Wildman–Crippen MR) is 82.1 cm³/mol. The lowest BCUT2D eigenvalue weighted by Gasteiger charge is -2.16. The Morgan fingerprint density at radius 1 is 1.55 bits per heavy atom. The summed E-state index contributed by atoms with van der Waals surface area (Å²) in [4.78, 5) is 19.1. The number of thiophene rings is 1. The third-order valence-corrected chi connectivity index (χ3v) is 4.72. The van der Waals surface area contributed by atoms with E-state index in [2.05, 4.69) is 9.88 Å². The molecule has 2 N–H and O–H groups in total. The summed E-state index contributed by atoms with van der Waals surface area (Å²) in [6.45, 7) is 0.755. The maximum atomic E-state index is 12.1. The number of carbonyl (C=O) groups is 1. The van der Waals surface area contributed by atoms with Gasteiger partial charge >= 0.3 is 0 Å². The number of rotatable bonds is 5. The summed E-state index contributed by atoms with van der Waals surface area (Å²) >= 11 is 1.49. The molecule has 0 bridgehead atoms. The zero-order valence-corrected chi connectivity index (χ0v) is 12.2. The molecular weight excluding hydrogens is 270 g/mol. The minimum Gasteiger partial charge on any atom is -0.397 e.